The molecule has 5 nitrogen and oxygen atoms in total. The van der Waals surface area contributed by atoms with Crippen LogP contribution < -0.4 is 10.1 Å². The molecule has 1 unspecified atom stereocenters. The second-order valence-corrected chi connectivity index (χ2v) is 8.18. The molecule has 0 fully saturated rings. The third-order valence-electron chi connectivity index (χ3n) is 5.35. The van der Waals surface area contributed by atoms with Crippen LogP contribution in [0.3, 0.4) is 0 Å². The lowest BCUT2D eigenvalue weighted by Gasteiger charge is -2.37. The number of halogens is 2. The third-order valence-corrected chi connectivity index (χ3v) is 5.94. The van der Waals surface area contributed by atoms with Crippen molar-refractivity contribution < 1.29 is 9.53 Å². The SMILES string of the molecule is O=C(NCCCCl)Oc1cccc(C(c2ccccc2)(c2ccccc2Cl)n2cccn2)c1. The molecule has 0 spiro atoms. The molecule has 0 aliphatic carbocycles. The molecule has 0 aliphatic heterocycles. The van der Waals surface area contributed by atoms with Crippen molar-refractivity contribution in [1.29, 1.82) is 0 Å². The Labute approximate surface area is 202 Å². The molecule has 168 valence electrons. The van der Waals surface area contributed by atoms with Crippen LogP contribution >= 0.6 is 23.2 Å². The molecule has 0 saturated carbocycles. The van der Waals surface area contributed by atoms with Crippen LogP contribution in [0.15, 0.2) is 97.3 Å². The zero-order valence-electron chi connectivity index (χ0n) is 17.8. The minimum absolute atomic E-state index is 0.412. The Kier molecular flexibility index (Phi) is 7.33. The molecule has 0 aliphatic rings. The normalized spacial score (nSPS) is 12.7. The Bertz CT molecular complexity index is 1200. The van der Waals surface area contributed by atoms with Crippen LogP contribution in [0.1, 0.15) is 23.1 Å². The monoisotopic (exact) mass is 479 g/mol. The van der Waals surface area contributed by atoms with Crippen LogP contribution in [0, 0.1) is 0 Å². The predicted octanol–water partition coefficient (Wildman–Crippen LogP) is 6.09. The topological polar surface area (TPSA) is 56.1 Å². The smallest absolute Gasteiger partial charge is 0.410 e. The summed E-state index contributed by atoms with van der Waals surface area (Å²) >= 11 is 12.5. The summed E-state index contributed by atoms with van der Waals surface area (Å²) < 4.78 is 7.44. The fourth-order valence-electron chi connectivity index (χ4n) is 3.95. The van der Waals surface area contributed by atoms with Crippen LogP contribution in [0.2, 0.25) is 5.02 Å². The van der Waals surface area contributed by atoms with Crippen LogP contribution in [-0.4, -0.2) is 28.3 Å². The number of nitrogens with zero attached hydrogens (tertiary/aromatic N) is 2. The Hall–Kier alpha value is -3.28. The second kappa shape index (κ2) is 10.6. The van der Waals surface area contributed by atoms with Gasteiger partial charge in [0.15, 0.2) is 0 Å². The molecule has 33 heavy (non-hydrogen) atoms. The average Bonchev–Trinajstić information content (AvgIpc) is 3.37. The van der Waals surface area contributed by atoms with E-state index in [9.17, 15) is 4.79 Å². The van der Waals surface area contributed by atoms with Gasteiger partial charge >= 0.3 is 6.09 Å². The molecule has 1 aromatic heterocycles. The van der Waals surface area contributed by atoms with E-state index in [1.165, 1.54) is 0 Å². The Morgan fingerprint density at radius 2 is 1.73 bits per heavy atom. The minimum atomic E-state index is -0.891. The largest absolute Gasteiger partial charge is 0.412 e. The molecule has 4 rings (SSSR count). The lowest BCUT2D eigenvalue weighted by molar-refractivity contribution is 0.200. The summed E-state index contributed by atoms with van der Waals surface area (Å²) in [5, 5.41) is 7.93. The Morgan fingerprint density at radius 1 is 0.970 bits per heavy atom. The first-order valence-electron chi connectivity index (χ1n) is 10.6. The van der Waals surface area contributed by atoms with E-state index < -0.39 is 11.6 Å². The summed E-state index contributed by atoms with van der Waals surface area (Å²) in [6.45, 7) is 0.447. The standard InChI is InChI=1S/C26H23Cl2N3O2/c27-15-7-16-29-25(32)33-22-12-6-11-21(19-22)26(31-18-8-17-30-31,20-9-2-1-3-10-20)23-13-4-5-14-24(23)28/h1-6,8-14,17-19H,7,15-16H2,(H,29,32). The summed E-state index contributed by atoms with van der Waals surface area (Å²) in [5.41, 5.74) is 1.77. The van der Waals surface area contributed by atoms with Gasteiger partial charge in [0.25, 0.3) is 0 Å². The molecule has 3 aromatic carbocycles. The number of benzene rings is 3. The number of amides is 1. The van der Waals surface area contributed by atoms with Gasteiger partial charge in [0.2, 0.25) is 0 Å². The van der Waals surface area contributed by atoms with Crippen molar-refractivity contribution >= 4 is 29.3 Å². The molecule has 4 aromatic rings. The highest BCUT2D eigenvalue weighted by Crippen LogP contribution is 2.43. The van der Waals surface area contributed by atoms with Crippen molar-refractivity contribution in [2.24, 2.45) is 0 Å². The van der Waals surface area contributed by atoms with E-state index in [0.29, 0.717) is 29.6 Å². The molecular formula is C26H23Cl2N3O2. The Morgan fingerprint density at radius 3 is 2.45 bits per heavy atom. The van der Waals surface area contributed by atoms with Crippen LogP contribution in [0.5, 0.6) is 5.75 Å². The first-order chi connectivity index (χ1) is 16.2. The van der Waals surface area contributed by atoms with Gasteiger partial charge in [-0.1, -0.05) is 72.3 Å². The number of aromatic nitrogens is 2. The van der Waals surface area contributed by atoms with Gasteiger partial charge in [-0.3, -0.25) is 4.68 Å². The van der Waals surface area contributed by atoms with Gasteiger partial charge in [-0.2, -0.15) is 5.10 Å². The van der Waals surface area contributed by atoms with Gasteiger partial charge in [-0.25, -0.2) is 4.79 Å². The maximum absolute atomic E-state index is 12.3. The maximum Gasteiger partial charge on any atom is 0.412 e. The highest BCUT2D eigenvalue weighted by Gasteiger charge is 2.40. The average molecular weight is 480 g/mol. The first kappa shape index (κ1) is 22.9. The summed E-state index contributed by atoms with van der Waals surface area (Å²) in [7, 11) is 0. The predicted molar refractivity (Wildman–Crippen MR) is 131 cm³/mol. The molecule has 1 amide bonds. The van der Waals surface area contributed by atoms with Crippen LogP contribution in [0.25, 0.3) is 0 Å². The lowest BCUT2D eigenvalue weighted by Crippen LogP contribution is -2.38. The first-order valence-corrected chi connectivity index (χ1v) is 11.5. The van der Waals surface area contributed by atoms with E-state index in [2.05, 4.69) is 10.4 Å². The number of nitrogens with one attached hydrogen (secondary N) is 1. The van der Waals surface area contributed by atoms with Gasteiger partial charge < -0.3 is 10.1 Å². The van der Waals surface area contributed by atoms with Crippen molar-refractivity contribution in [2.45, 2.75) is 12.0 Å². The zero-order chi connectivity index (χ0) is 23.1. The van der Waals surface area contributed by atoms with E-state index in [1.54, 1.807) is 12.3 Å². The Balaban J connectivity index is 1.88. The summed E-state index contributed by atoms with van der Waals surface area (Å²) in [4.78, 5) is 12.3. The molecule has 0 radical (unpaired) electrons. The van der Waals surface area contributed by atoms with Crippen LogP contribution in [-0.2, 0) is 5.54 Å². The van der Waals surface area contributed by atoms with E-state index in [0.717, 1.165) is 16.7 Å². The fraction of sp³-hybridized carbons (Fsp3) is 0.154. The van der Waals surface area contributed by atoms with Crippen molar-refractivity contribution in [2.75, 3.05) is 12.4 Å². The second-order valence-electron chi connectivity index (χ2n) is 7.39. The number of ether oxygens (including phenoxy) is 1. The fourth-order valence-corrected chi connectivity index (χ4v) is 4.36. The summed E-state index contributed by atoms with van der Waals surface area (Å²) in [5.74, 6) is 0.882. The van der Waals surface area contributed by atoms with E-state index in [1.807, 2.05) is 89.7 Å². The van der Waals surface area contributed by atoms with Gasteiger partial charge in [-0.05, 0) is 41.8 Å². The van der Waals surface area contributed by atoms with Gasteiger partial charge in [0.1, 0.15) is 11.3 Å². The van der Waals surface area contributed by atoms with Crippen LogP contribution in [0.4, 0.5) is 4.79 Å². The van der Waals surface area contributed by atoms with E-state index in [4.69, 9.17) is 27.9 Å². The van der Waals surface area contributed by atoms with Crippen molar-refractivity contribution in [3.8, 4) is 5.75 Å². The minimum Gasteiger partial charge on any atom is -0.410 e. The number of carbonyl (C=O) groups is 1. The van der Waals surface area contributed by atoms with E-state index in [-0.39, 0.29) is 0 Å². The number of rotatable bonds is 8. The number of hydrogen-bond donors (Lipinski definition) is 1. The maximum atomic E-state index is 12.3. The molecule has 1 heterocycles. The number of alkyl halides is 1. The highest BCUT2D eigenvalue weighted by molar-refractivity contribution is 6.31. The number of hydrogen-bond acceptors (Lipinski definition) is 3. The zero-order valence-corrected chi connectivity index (χ0v) is 19.3. The van der Waals surface area contributed by atoms with Gasteiger partial charge in [-0.15, -0.1) is 11.6 Å². The molecule has 0 saturated heterocycles. The lowest BCUT2D eigenvalue weighted by atomic mass is 9.77. The molecule has 1 N–H and O–H groups in total. The van der Waals surface area contributed by atoms with E-state index >= 15 is 0 Å². The highest BCUT2D eigenvalue weighted by atomic mass is 35.5. The summed E-state index contributed by atoms with van der Waals surface area (Å²) in [6, 6.07) is 27.0. The third kappa shape index (κ3) is 4.75. The van der Waals surface area contributed by atoms with Gasteiger partial charge in [0.05, 0.1) is 0 Å². The molecule has 0 bridgehead atoms. The quantitative estimate of drug-likeness (QED) is 0.189. The van der Waals surface area contributed by atoms with Crippen molar-refractivity contribution in [3.63, 3.8) is 0 Å². The summed E-state index contributed by atoms with van der Waals surface area (Å²) in [6.07, 6.45) is 3.78. The van der Waals surface area contributed by atoms with Gasteiger partial charge in [0, 0.05) is 35.4 Å². The van der Waals surface area contributed by atoms with Crippen molar-refractivity contribution in [1.82, 2.24) is 15.1 Å². The van der Waals surface area contributed by atoms with Crippen molar-refractivity contribution in [3.05, 3.63) is 119 Å². The molecular weight excluding hydrogens is 457 g/mol. The molecule has 1 atom stereocenters. The molecule has 7 heteroatoms. The number of carbonyl (C=O) groups excluding carboxylic acids is 1.